The van der Waals surface area contributed by atoms with Gasteiger partial charge in [-0.05, 0) is 38.5 Å². The third-order valence-electron chi connectivity index (χ3n) is 3.44. The Hall–Kier alpha value is -0.590. The highest BCUT2D eigenvalue weighted by molar-refractivity contribution is 5.82. The SMILES string of the molecule is C/C=C1\CCC2CC1CCC2=O. The van der Waals surface area contributed by atoms with Gasteiger partial charge in [0.15, 0.2) is 0 Å². The average molecular weight is 164 g/mol. The predicted octanol–water partition coefficient (Wildman–Crippen LogP) is 2.71. The molecule has 0 N–H and O–H groups in total. The number of rotatable bonds is 0. The molecule has 2 fully saturated rings. The molecule has 0 aliphatic heterocycles. The van der Waals surface area contributed by atoms with Crippen LogP contribution in [0.25, 0.3) is 0 Å². The minimum Gasteiger partial charge on any atom is -0.299 e. The third-order valence-corrected chi connectivity index (χ3v) is 3.44. The third kappa shape index (κ3) is 1.21. The summed E-state index contributed by atoms with van der Waals surface area (Å²) in [5.74, 6) is 1.71. The summed E-state index contributed by atoms with van der Waals surface area (Å²) in [6.07, 6.45) is 7.67. The predicted molar refractivity (Wildman–Crippen MR) is 48.8 cm³/mol. The van der Waals surface area contributed by atoms with Crippen molar-refractivity contribution in [1.82, 2.24) is 0 Å². The fourth-order valence-electron chi connectivity index (χ4n) is 2.65. The van der Waals surface area contributed by atoms with E-state index in [9.17, 15) is 4.79 Å². The lowest BCUT2D eigenvalue weighted by molar-refractivity contribution is -0.126. The van der Waals surface area contributed by atoms with E-state index in [1.54, 1.807) is 5.57 Å². The highest BCUT2D eigenvalue weighted by Gasteiger charge is 2.33. The molecule has 2 aliphatic carbocycles. The Morgan fingerprint density at radius 1 is 1.25 bits per heavy atom. The van der Waals surface area contributed by atoms with E-state index in [0.717, 1.165) is 31.6 Å². The van der Waals surface area contributed by atoms with E-state index >= 15 is 0 Å². The number of carbonyl (C=O) groups is 1. The summed E-state index contributed by atoms with van der Waals surface area (Å²) >= 11 is 0. The maximum atomic E-state index is 11.4. The fraction of sp³-hybridized carbons (Fsp3) is 0.727. The minimum absolute atomic E-state index is 0.424. The van der Waals surface area contributed by atoms with Crippen LogP contribution in [0.2, 0.25) is 0 Å². The summed E-state index contributed by atoms with van der Waals surface area (Å²) in [5.41, 5.74) is 1.61. The molecule has 0 radical (unpaired) electrons. The molecule has 0 aromatic heterocycles. The molecule has 0 amide bonds. The van der Waals surface area contributed by atoms with Gasteiger partial charge < -0.3 is 0 Å². The van der Waals surface area contributed by atoms with E-state index in [1.807, 2.05) is 0 Å². The Morgan fingerprint density at radius 3 is 2.75 bits per heavy atom. The average Bonchev–Trinajstić information content (AvgIpc) is 2.12. The van der Waals surface area contributed by atoms with Gasteiger partial charge in [0.2, 0.25) is 0 Å². The van der Waals surface area contributed by atoms with Gasteiger partial charge in [0.05, 0.1) is 0 Å². The second-order valence-corrected chi connectivity index (χ2v) is 4.04. The number of carbonyl (C=O) groups excluding carboxylic acids is 1. The zero-order chi connectivity index (χ0) is 8.55. The molecule has 1 heteroatoms. The van der Waals surface area contributed by atoms with Crippen molar-refractivity contribution in [3.8, 4) is 0 Å². The van der Waals surface area contributed by atoms with Crippen molar-refractivity contribution in [2.24, 2.45) is 11.8 Å². The van der Waals surface area contributed by atoms with Crippen LogP contribution in [0.1, 0.15) is 39.0 Å². The maximum absolute atomic E-state index is 11.4. The van der Waals surface area contributed by atoms with Crippen LogP contribution in [0.5, 0.6) is 0 Å². The number of allylic oxidation sites excluding steroid dienone is 2. The molecule has 2 unspecified atom stereocenters. The molecule has 12 heavy (non-hydrogen) atoms. The minimum atomic E-state index is 0.424. The highest BCUT2D eigenvalue weighted by atomic mass is 16.1. The summed E-state index contributed by atoms with van der Waals surface area (Å²) in [6.45, 7) is 2.13. The van der Waals surface area contributed by atoms with Crippen LogP contribution in [0, 0.1) is 11.8 Å². The number of ketones is 1. The molecule has 2 bridgehead atoms. The Balaban J connectivity index is 2.14. The van der Waals surface area contributed by atoms with E-state index in [4.69, 9.17) is 0 Å². The molecular weight excluding hydrogens is 148 g/mol. The van der Waals surface area contributed by atoms with Crippen LogP contribution in [-0.4, -0.2) is 5.78 Å². The number of hydrogen-bond donors (Lipinski definition) is 0. The molecule has 0 saturated heterocycles. The van der Waals surface area contributed by atoms with Crippen LogP contribution < -0.4 is 0 Å². The van der Waals surface area contributed by atoms with Crippen molar-refractivity contribution in [3.05, 3.63) is 11.6 Å². The molecule has 0 spiro atoms. The van der Waals surface area contributed by atoms with E-state index < -0.39 is 0 Å². The van der Waals surface area contributed by atoms with Gasteiger partial charge in [0.1, 0.15) is 5.78 Å². The normalized spacial score (nSPS) is 38.8. The first kappa shape index (κ1) is 8.03. The highest BCUT2D eigenvalue weighted by Crippen LogP contribution is 2.40. The van der Waals surface area contributed by atoms with E-state index in [-0.39, 0.29) is 0 Å². The topological polar surface area (TPSA) is 17.1 Å². The van der Waals surface area contributed by atoms with Gasteiger partial charge in [-0.3, -0.25) is 4.79 Å². The Morgan fingerprint density at radius 2 is 2.00 bits per heavy atom. The van der Waals surface area contributed by atoms with E-state index in [1.165, 1.54) is 6.42 Å². The number of hydrogen-bond acceptors (Lipinski definition) is 1. The molecule has 2 aliphatic rings. The van der Waals surface area contributed by atoms with Crippen LogP contribution in [-0.2, 0) is 4.79 Å². The van der Waals surface area contributed by atoms with Gasteiger partial charge in [0, 0.05) is 12.3 Å². The Bertz CT molecular complexity index is 227. The van der Waals surface area contributed by atoms with Crippen LogP contribution in [0.4, 0.5) is 0 Å². The summed E-state index contributed by atoms with van der Waals surface area (Å²) in [5, 5.41) is 0. The van der Waals surface area contributed by atoms with Crippen LogP contribution in [0.3, 0.4) is 0 Å². The maximum Gasteiger partial charge on any atom is 0.136 e. The molecule has 0 heterocycles. The van der Waals surface area contributed by atoms with Gasteiger partial charge in [-0.15, -0.1) is 0 Å². The first-order chi connectivity index (χ1) is 5.81. The largest absolute Gasteiger partial charge is 0.299 e. The zero-order valence-electron chi connectivity index (χ0n) is 7.68. The van der Waals surface area contributed by atoms with Crippen molar-refractivity contribution in [1.29, 1.82) is 0 Å². The van der Waals surface area contributed by atoms with Crippen LogP contribution in [0.15, 0.2) is 11.6 Å². The fourth-order valence-corrected chi connectivity index (χ4v) is 2.65. The van der Waals surface area contributed by atoms with Gasteiger partial charge in [-0.1, -0.05) is 11.6 Å². The molecule has 2 saturated carbocycles. The van der Waals surface area contributed by atoms with Gasteiger partial charge in [-0.25, -0.2) is 0 Å². The molecule has 0 aromatic carbocycles. The Labute approximate surface area is 73.8 Å². The lowest BCUT2D eigenvalue weighted by Crippen LogP contribution is -2.30. The van der Waals surface area contributed by atoms with Gasteiger partial charge in [0.25, 0.3) is 0 Å². The van der Waals surface area contributed by atoms with Crippen molar-refractivity contribution in [2.75, 3.05) is 0 Å². The summed E-state index contributed by atoms with van der Waals surface area (Å²) in [6, 6.07) is 0. The second kappa shape index (κ2) is 3.04. The first-order valence-electron chi connectivity index (χ1n) is 4.99. The second-order valence-electron chi connectivity index (χ2n) is 4.04. The van der Waals surface area contributed by atoms with E-state index in [2.05, 4.69) is 13.0 Å². The van der Waals surface area contributed by atoms with Crippen molar-refractivity contribution in [3.63, 3.8) is 0 Å². The molecule has 0 aromatic rings. The first-order valence-corrected chi connectivity index (χ1v) is 4.99. The quantitative estimate of drug-likeness (QED) is 0.503. The summed E-state index contributed by atoms with van der Waals surface area (Å²) < 4.78 is 0. The van der Waals surface area contributed by atoms with Crippen LogP contribution >= 0.6 is 0 Å². The molecule has 1 nitrogen and oxygen atoms in total. The lowest BCUT2D eigenvalue weighted by atomic mass is 9.69. The number of Topliss-reactive ketones (excluding diaryl/α,β-unsaturated/α-hetero) is 1. The van der Waals surface area contributed by atoms with E-state index in [0.29, 0.717) is 11.7 Å². The summed E-state index contributed by atoms with van der Waals surface area (Å²) in [4.78, 5) is 11.4. The van der Waals surface area contributed by atoms with Gasteiger partial charge in [-0.2, -0.15) is 0 Å². The standard InChI is InChI=1S/C11H16O/c1-2-8-3-4-10-7-9(8)5-6-11(10)12/h2,9-10H,3-7H2,1H3/b8-2+. The van der Waals surface area contributed by atoms with Crippen molar-refractivity contribution < 1.29 is 4.79 Å². The van der Waals surface area contributed by atoms with Crippen molar-refractivity contribution in [2.45, 2.75) is 39.0 Å². The Kier molecular flexibility index (Phi) is 2.03. The zero-order valence-corrected chi connectivity index (χ0v) is 7.68. The summed E-state index contributed by atoms with van der Waals surface area (Å²) in [7, 11) is 0. The molecular formula is C11H16O. The monoisotopic (exact) mass is 164 g/mol. The van der Waals surface area contributed by atoms with Crippen molar-refractivity contribution >= 4 is 5.78 Å². The number of fused-ring (bicyclic) bond motifs is 2. The molecule has 2 rings (SSSR count). The lowest BCUT2D eigenvalue weighted by Gasteiger charge is -2.35. The van der Waals surface area contributed by atoms with Gasteiger partial charge >= 0.3 is 0 Å². The molecule has 2 atom stereocenters. The molecule has 66 valence electrons. The smallest absolute Gasteiger partial charge is 0.136 e.